The number of rotatable bonds is 3. The van der Waals surface area contributed by atoms with Crippen molar-refractivity contribution in [2.24, 2.45) is 5.73 Å². The lowest BCUT2D eigenvalue weighted by Crippen LogP contribution is -2.31. The first-order valence-corrected chi connectivity index (χ1v) is 4.26. The molecule has 2 atom stereocenters. The Morgan fingerprint density at radius 2 is 1.85 bits per heavy atom. The fraction of sp³-hybridized carbons (Fsp3) is 0.400. The van der Waals surface area contributed by atoms with Crippen LogP contribution in [0.4, 0.5) is 0 Å². The minimum Gasteiger partial charge on any atom is -0.395 e. The normalized spacial score (nSPS) is 15.4. The minimum atomic E-state index is -0.786. The summed E-state index contributed by atoms with van der Waals surface area (Å²) in [7, 11) is 0. The molecule has 0 saturated carbocycles. The van der Waals surface area contributed by atoms with Gasteiger partial charge in [-0.1, -0.05) is 29.8 Å². The maximum absolute atomic E-state index is 9.59. The van der Waals surface area contributed by atoms with Crippen LogP contribution < -0.4 is 5.73 Å². The number of hydrogen-bond donors (Lipinski definition) is 3. The fourth-order valence-electron chi connectivity index (χ4n) is 1.11. The molecule has 1 rings (SSSR count). The van der Waals surface area contributed by atoms with E-state index in [2.05, 4.69) is 0 Å². The Kier molecular flexibility index (Phi) is 3.42. The quantitative estimate of drug-likeness (QED) is 0.630. The van der Waals surface area contributed by atoms with Gasteiger partial charge in [-0.15, -0.1) is 0 Å². The van der Waals surface area contributed by atoms with E-state index in [9.17, 15) is 5.11 Å². The number of aryl methyl sites for hydroxylation is 1. The van der Waals surface area contributed by atoms with Crippen LogP contribution in [0.15, 0.2) is 24.3 Å². The van der Waals surface area contributed by atoms with E-state index in [1.807, 2.05) is 31.2 Å². The van der Waals surface area contributed by atoms with Gasteiger partial charge in [-0.05, 0) is 12.5 Å². The number of benzene rings is 1. The number of hydrogen-bond acceptors (Lipinski definition) is 3. The molecule has 0 aliphatic carbocycles. The Morgan fingerprint density at radius 1 is 1.31 bits per heavy atom. The van der Waals surface area contributed by atoms with Crippen molar-refractivity contribution in [2.75, 3.05) is 6.61 Å². The molecule has 4 N–H and O–H groups in total. The third-order valence-electron chi connectivity index (χ3n) is 2.04. The van der Waals surface area contributed by atoms with E-state index in [0.29, 0.717) is 0 Å². The van der Waals surface area contributed by atoms with Gasteiger partial charge in [-0.3, -0.25) is 0 Å². The standard InChI is InChI=1S/C10H15NO2/c1-7-2-4-8(5-3-7)10(13)9(11)6-12/h2-5,9-10,12-13H,6,11H2,1H3/t9-,10+/m1/s1. The largest absolute Gasteiger partial charge is 0.395 e. The van der Waals surface area contributed by atoms with Gasteiger partial charge in [0.25, 0.3) is 0 Å². The van der Waals surface area contributed by atoms with Crippen molar-refractivity contribution in [3.05, 3.63) is 35.4 Å². The number of aliphatic hydroxyl groups excluding tert-OH is 2. The lowest BCUT2D eigenvalue weighted by molar-refractivity contribution is 0.109. The predicted molar refractivity (Wildman–Crippen MR) is 51.2 cm³/mol. The lowest BCUT2D eigenvalue weighted by Gasteiger charge is -2.16. The third kappa shape index (κ3) is 2.52. The SMILES string of the molecule is Cc1ccc([C@H](O)[C@H](N)CO)cc1. The van der Waals surface area contributed by atoms with Crippen molar-refractivity contribution >= 4 is 0 Å². The third-order valence-corrected chi connectivity index (χ3v) is 2.04. The highest BCUT2D eigenvalue weighted by molar-refractivity contribution is 5.23. The highest BCUT2D eigenvalue weighted by atomic mass is 16.3. The van der Waals surface area contributed by atoms with Gasteiger partial charge < -0.3 is 15.9 Å². The summed E-state index contributed by atoms with van der Waals surface area (Å²) >= 11 is 0. The van der Waals surface area contributed by atoms with E-state index < -0.39 is 12.1 Å². The molecule has 72 valence electrons. The van der Waals surface area contributed by atoms with Crippen molar-refractivity contribution in [1.29, 1.82) is 0 Å². The zero-order valence-corrected chi connectivity index (χ0v) is 7.64. The van der Waals surface area contributed by atoms with Crippen LogP contribution in [-0.2, 0) is 0 Å². The number of aliphatic hydroxyl groups is 2. The predicted octanol–water partition coefficient (Wildman–Crippen LogP) is 0.348. The van der Waals surface area contributed by atoms with E-state index in [-0.39, 0.29) is 6.61 Å². The van der Waals surface area contributed by atoms with Crippen LogP contribution >= 0.6 is 0 Å². The molecule has 1 aromatic carbocycles. The molecule has 0 aromatic heterocycles. The van der Waals surface area contributed by atoms with Gasteiger partial charge in [0.05, 0.1) is 18.8 Å². The zero-order valence-electron chi connectivity index (χ0n) is 7.64. The van der Waals surface area contributed by atoms with Gasteiger partial charge in [0.15, 0.2) is 0 Å². The summed E-state index contributed by atoms with van der Waals surface area (Å²) in [5, 5.41) is 18.3. The van der Waals surface area contributed by atoms with E-state index in [1.54, 1.807) is 0 Å². The van der Waals surface area contributed by atoms with Gasteiger partial charge in [-0.2, -0.15) is 0 Å². The van der Waals surface area contributed by atoms with E-state index in [0.717, 1.165) is 11.1 Å². The second-order valence-electron chi connectivity index (χ2n) is 3.20. The van der Waals surface area contributed by atoms with E-state index in [4.69, 9.17) is 10.8 Å². The van der Waals surface area contributed by atoms with E-state index in [1.165, 1.54) is 0 Å². The molecule has 0 bridgehead atoms. The monoisotopic (exact) mass is 181 g/mol. The van der Waals surface area contributed by atoms with Crippen LogP contribution in [0.1, 0.15) is 17.2 Å². The minimum absolute atomic E-state index is 0.213. The fourth-order valence-corrected chi connectivity index (χ4v) is 1.11. The highest BCUT2D eigenvalue weighted by Crippen LogP contribution is 2.15. The van der Waals surface area contributed by atoms with Crippen LogP contribution in [0.3, 0.4) is 0 Å². The first kappa shape index (κ1) is 10.2. The highest BCUT2D eigenvalue weighted by Gasteiger charge is 2.14. The van der Waals surface area contributed by atoms with Gasteiger partial charge in [0, 0.05) is 0 Å². The Morgan fingerprint density at radius 3 is 2.31 bits per heavy atom. The molecule has 0 amide bonds. The van der Waals surface area contributed by atoms with Crippen molar-refractivity contribution < 1.29 is 10.2 Å². The van der Waals surface area contributed by atoms with E-state index >= 15 is 0 Å². The summed E-state index contributed by atoms with van der Waals surface area (Å²) in [6.07, 6.45) is -0.786. The van der Waals surface area contributed by atoms with Crippen LogP contribution in [0.25, 0.3) is 0 Å². The van der Waals surface area contributed by atoms with Crippen LogP contribution in [0, 0.1) is 6.92 Å². The van der Waals surface area contributed by atoms with Gasteiger partial charge in [-0.25, -0.2) is 0 Å². The molecular weight excluding hydrogens is 166 g/mol. The Bertz CT molecular complexity index is 258. The molecule has 0 spiro atoms. The smallest absolute Gasteiger partial charge is 0.0963 e. The molecule has 3 heteroatoms. The van der Waals surface area contributed by atoms with Gasteiger partial charge in [0.2, 0.25) is 0 Å². The average Bonchev–Trinajstić information content (AvgIpc) is 2.17. The molecule has 0 unspecified atom stereocenters. The molecule has 13 heavy (non-hydrogen) atoms. The Balaban J connectivity index is 2.77. The first-order valence-electron chi connectivity index (χ1n) is 4.26. The first-order chi connectivity index (χ1) is 6.15. The van der Waals surface area contributed by atoms with Crippen molar-refractivity contribution in [3.63, 3.8) is 0 Å². The van der Waals surface area contributed by atoms with Crippen LogP contribution in [-0.4, -0.2) is 22.9 Å². The molecule has 0 fully saturated rings. The summed E-state index contributed by atoms with van der Waals surface area (Å²) in [5.74, 6) is 0. The summed E-state index contributed by atoms with van der Waals surface area (Å²) < 4.78 is 0. The molecule has 0 heterocycles. The van der Waals surface area contributed by atoms with Gasteiger partial charge >= 0.3 is 0 Å². The summed E-state index contributed by atoms with van der Waals surface area (Å²) in [6, 6.07) is 6.83. The molecule has 0 radical (unpaired) electrons. The van der Waals surface area contributed by atoms with Crippen molar-refractivity contribution in [1.82, 2.24) is 0 Å². The summed E-state index contributed by atoms with van der Waals surface area (Å²) in [4.78, 5) is 0. The Hall–Kier alpha value is -0.900. The zero-order chi connectivity index (χ0) is 9.84. The van der Waals surface area contributed by atoms with Gasteiger partial charge in [0.1, 0.15) is 0 Å². The lowest BCUT2D eigenvalue weighted by atomic mass is 10.0. The van der Waals surface area contributed by atoms with Crippen LogP contribution in [0.5, 0.6) is 0 Å². The maximum Gasteiger partial charge on any atom is 0.0963 e. The second-order valence-corrected chi connectivity index (χ2v) is 3.20. The average molecular weight is 181 g/mol. The molecular formula is C10H15NO2. The van der Waals surface area contributed by atoms with Crippen LogP contribution in [0.2, 0.25) is 0 Å². The molecule has 3 nitrogen and oxygen atoms in total. The summed E-state index contributed by atoms with van der Waals surface area (Å²) in [6.45, 7) is 1.76. The van der Waals surface area contributed by atoms with Crippen molar-refractivity contribution in [2.45, 2.75) is 19.1 Å². The summed E-state index contributed by atoms with van der Waals surface area (Å²) in [5.41, 5.74) is 7.36. The molecule has 0 aliphatic heterocycles. The topological polar surface area (TPSA) is 66.5 Å². The maximum atomic E-state index is 9.59. The molecule has 0 aliphatic rings. The second kappa shape index (κ2) is 4.37. The van der Waals surface area contributed by atoms with Crippen molar-refractivity contribution in [3.8, 4) is 0 Å². The Labute approximate surface area is 77.8 Å². The molecule has 1 aromatic rings. The molecule has 0 saturated heterocycles. The number of nitrogens with two attached hydrogens (primary N) is 1.